The fourth-order valence-electron chi connectivity index (χ4n) is 2.52. The number of carboxylic acids is 1. The second kappa shape index (κ2) is 4.37. The summed E-state index contributed by atoms with van der Waals surface area (Å²) in [6, 6.07) is 14.1. The molecule has 3 nitrogen and oxygen atoms in total. The third-order valence-electron chi connectivity index (χ3n) is 3.65. The number of fused-ring (bicyclic) bond motifs is 3. The molecule has 2 aromatic rings. The molecule has 0 aliphatic heterocycles. The fourth-order valence-corrected chi connectivity index (χ4v) is 2.52. The topological polar surface area (TPSA) is 46.5 Å². The Balaban J connectivity index is 1.93. The van der Waals surface area contributed by atoms with Gasteiger partial charge in [-0.2, -0.15) is 0 Å². The van der Waals surface area contributed by atoms with Crippen molar-refractivity contribution in [2.45, 2.75) is 25.9 Å². The number of aliphatic carboxylic acids is 1. The number of carbonyl (C=O) groups is 1. The smallest absolute Gasteiger partial charge is 0.347 e. The van der Waals surface area contributed by atoms with E-state index in [9.17, 15) is 4.79 Å². The molecular formula is C17H16O3. The predicted octanol–water partition coefficient (Wildman–Crippen LogP) is 3.50. The molecule has 0 radical (unpaired) electrons. The van der Waals surface area contributed by atoms with Gasteiger partial charge in [0, 0.05) is 0 Å². The van der Waals surface area contributed by atoms with Crippen molar-refractivity contribution in [2.75, 3.05) is 0 Å². The van der Waals surface area contributed by atoms with E-state index in [-0.39, 0.29) is 0 Å². The number of rotatable bonds is 3. The fraction of sp³-hybridized carbons (Fsp3) is 0.235. The quantitative estimate of drug-likeness (QED) is 0.790. The van der Waals surface area contributed by atoms with Gasteiger partial charge < -0.3 is 9.84 Å². The number of hydrogen-bond donors (Lipinski definition) is 1. The standard InChI is InChI=1S/C17H16O3/c1-17(2,16(18)19)20-13-7-8-15-12(10-13)9-11-5-3-4-6-14(11)15/h3-8,10H,9H2,1-2H3,(H,18,19). The molecular weight excluding hydrogens is 252 g/mol. The molecule has 0 bridgehead atoms. The number of carboxylic acid groups (broad SMARTS) is 1. The summed E-state index contributed by atoms with van der Waals surface area (Å²) in [4.78, 5) is 11.1. The molecule has 0 atom stereocenters. The maximum atomic E-state index is 11.1. The van der Waals surface area contributed by atoms with E-state index >= 15 is 0 Å². The van der Waals surface area contributed by atoms with Crippen LogP contribution in [-0.4, -0.2) is 16.7 Å². The molecule has 3 heteroatoms. The van der Waals surface area contributed by atoms with Gasteiger partial charge in [0.05, 0.1) is 0 Å². The van der Waals surface area contributed by atoms with Crippen LogP contribution in [0.1, 0.15) is 25.0 Å². The summed E-state index contributed by atoms with van der Waals surface area (Å²) >= 11 is 0. The third-order valence-corrected chi connectivity index (χ3v) is 3.65. The molecule has 3 rings (SSSR count). The molecule has 102 valence electrons. The van der Waals surface area contributed by atoms with Gasteiger partial charge in [-0.15, -0.1) is 0 Å². The molecule has 0 unspecified atom stereocenters. The monoisotopic (exact) mass is 268 g/mol. The summed E-state index contributed by atoms with van der Waals surface area (Å²) < 4.78 is 5.59. The van der Waals surface area contributed by atoms with E-state index in [0.717, 1.165) is 6.42 Å². The first-order valence-corrected chi connectivity index (χ1v) is 6.61. The average molecular weight is 268 g/mol. The summed E-state index contributed by atoms with van der Waals surface area (Å²) in [5, 5.41) is 9.11. The summed E-state index contributed by atoms with van der Waals surface area (Å²) in [5.41, 5.74) is 3.73. The maximum Gasteiger partial charge on any atom is 0.347 e. The zero-order chi connectivity index (χ0) is 14.3. The normalized spacial score (nSPS) is 12.7. The largest absolute Gasteiger partial charge is 0.478 e. The Morgan fingerprint density at radius 3 is 2.55 bits per heavy atom. The van der Waals surface area contributed by atoms with E-state index in [2.05, 4.69) is 12.1 Å². The van der Waals surface area contributed by atoms with Gasteiger partial charge in [-0.3, -0.25) is 0 Å². The van der Waals surface area contributed by atoms with Crippen LogP contribution in [0, 0.1) is 0 Å². The van der Waals surface area contributed by atoms with Crippen LogP contribution in [0.3, 0.4) is 0 Å². The first-order chi connectivity index (χ1) is 9.47. The Bertz CT molecular complexity index is 686. The van der Waals surface area contributed by atoms with Gasteiger partial charge in [0.2, 0.25) is 0 Å². The lowest BCUT2D eigenvalue weighted by molar-refractivity contribution is -0.152. The predicted molar refractivity (Wildman–Crippen MR) is 77.0 cm³/mol. The van der Waals surface area contributed by atoms with Crippen LogP contribution in [0.15, 0.2) is 42.5 Å². The first-order valence-electron chi connectivity index (χ1n) is 6.61. The number of hydrogen-bond acceptors (Lipinski definition) is 2. The van der Waals surface area contributed by atoms with E-state index in [4.69, 9.17) is 9.84 Å². The van der Waals surface area contributed by atoms with Gasteiger partial charge in [0.15, 0.2) is 5.60 Å². The van der Waals surface area contributed by atoms with Crippen molar-refractivity contribution in [3.8, 4) is 16.9 Å². The van der Waals surface area contributed by atoms with Crippen molar-refractivity contribution < 1.29 is 14.6 Å². The number of ether oxygens (including phenoxy) is 1. The molecule has 0 heterocycles. The highest BCUT2D eigenvalue weighted by Gasteiger charge is 2.30. The maximum absolute atomic E-state index is 11.1. The Hall–Kier alpha value is -2.29. The zero-order valence-electron chi connectivity index (χ0n) is 11.5. The lowest BCUT2D eigenvalue weighted by atomic mass is 10.1. The summed E-state index contributed by atoms with van der Waals surface area (Å²) in [7, 11) is 0. The molecule has 2 aromatic carbocycles. The molecule has 0 fully saturated rings. The highest BCUT2D eigenvalue weighted by Crippen LogP contribution is 2.38. The van der Waals surface area contributed by atoms with E-state index in [1.807, 2.05) is 30.3 Å². The van der Waals surface area contributed by atoms with Gasteiger partial charge in [-0.05, 0) is 54.7 Å². The third kappa shape index (κ3) is 2.05. The second-order valence-corrected chi connectivity index (χ2v) is 5.57. The van der Waals surface area contributed by atoms with Crippen LogP contribution in [0.2, 0.25) is 0 Å². The Kier molecular flexibility index (Phi) is 2.78. The summed E-state index contributed by atoms with van der Waals surface area (Å²) in [5.74, 6) is -0.370. The molecule has 1 N–H and O–H groups in total. The lowest BCUT2D eigenvalue weighted by Gasteiger charge is -2.21. The van der Waals surface area contributed by atoms with Crippen LogP contribution >= 0.6 is 0 Å². The lowest BCUT2D eigenvalue weighted by Crippen LogP contribution is -2.37. The number of benzene rings is 2. The van der Waals surface area contributed by atoms with Gasteiger partial charge >= 0.3 is 5.97 Å². The molecule has 0 amide bonds. The van der Waals surface area contributed by atoms with Gasteiger partial charge in [-0.1, -0.05) is 30.3 Å². The Morgan fingerprint density at radius 1 is 1.10 bits per heavy atom. The van der Waals surface area contributed by atoms with Gasteiger partial charge in [-0.25, -0.2) is 4.79 Å². The molecule has 0 aromatic heterocycles. The van der Waals surface area contributed by atoms with Crippen molar-refractivity contribution in [3.05, 3.63) is 53.6 Å². The highest BCUT2D eigenvalue weighted by molar-refractivity contribution is 5.78. The van der Waals surface area contributed by atoms with E-state index < -0.39 is 11.6 Å². The minimum absolute atomic E-state index is 0.601. The van der Waals surface area contributed by atoms with E-state index in [0.29, 0.717) is 5.75 Å². The van der Waals surface area contributed by atoms with Crippen molar-refractivity contribution in [1.29, 1.82) is 0 Å². The van der Waals surface area contributed by atoms with Crippen LogP contribution in [0.4, 0.5) is 0 Å². The van der Waals surface area contributed by atoms with Crippen LogP contribution in [-0.2, 0) is 11.2 Å². The van der Waals surface area contributed by atoms with E-state index in [1.54, 1.807) is 13.8 Å². The van der Waals surface area contributed by atoms with Crippen LogP contribution < -0.4 is 4.74 Å². The van der Waals surface area contributed by atoms with Crippen molar-refractivity contribution in [3.63, 3.8) is 0 Å². The van der Waals surface area contributed by atoms with E-state index in [1.165, 1.54) is 22.3 Å². The Labute approximate surface area is 117 Å². The summed E-state index contributed by atoms with van der Waals surface area (Å²) in [6.45, 7) is 3.11. The van der Waals surface area contributed by atoms with Crippen LogP contribution in [0.5, 0.6) is 5.75 Å². The first kappa shape index (κ1) is 12.7. The van der Waals surface area contributed by atoms with Crippen molar-refractivity contribution in [1.82, 2.24) is 0 Å². The van der Waals surface area contributed by atoms with Gasteiger partial charge in [0.25, 0.3) is 0 Å². The molecule has 0 spiro atoms. The SMILES string of the molecule is CC(C)(Oc1ccc2c(c1)Cc1ccccc1-2)C(=O)O. The van der Waals surface area contributed by atoms with Crippen LogP contribution in [0.25, 0.3) is 11.1 Å². The summed E-state index contributed by atoms with van der Waals surface area (Å²) in [6.07, 6.45) is 0.871. The molecule has 1 aliphatic rings. The molecule has 0 saturated heterocycles. The second-order valence-electron chi connectivity index (χ2n) is 5.57. The minimum atomic E-state index is -1.22. The molecule has 0 saturated carbocycles. The minimum Gasteiger partial charge on any atom is -0.478 e. The Morgan fingerprint density at radius 2 is 1.80 bits per heavy atom. The molecule has 20 heavy (non-hydrogen) atoms. The van der Waals surface area contributed by atoms with Crippen molar-refractivity contribution in [2.24, 2.45) is 0 Å². The van der Waals surface area contributed by atoms with Crippen molar-refractivity contribution >= 4 is 5.97 Å². The highest BCUT2D eigenvalue weighted by atomic mass is 16.5. The average Bonchev–Trinajstić information content (AvgIpc) is 2.75. The van der Waals surface area contributed by atoms with Gasteiger partial charge in [0.1, 0.15) is 5.75 Å². The molecule has 1 aliphatic carbocycles. The zero-order valence-corrected chi connectivity index (χ0v) is 11.5.